The molecule has 3 heteroatoms. The highest BCUT2D eigenvalue weighted by Gasteiger charge is 2.39. The predicted molar refractivity (Wildman–Crippen MR) is 122 cm³/mol. The lowest BCUT2D eigenvalue weighted by molar-refractivity contribution is 0.0970. The molecule has 0 atom stereocenters. The van der Waals surface area contributed by atoms with Gasteiger partial charge in [-0.1, -0.05) is 46.8 Å². The fraction of sp³-hybridized carbons (Fsp3) is 0.750. The third kappa shape index (κ3) is 5.64. The molecule has 27 heavy (non-hydrogen) atoms. The second kappa shape index (κ2) is 8.74. The fourth-order valence-corrected chi connectivity index (χ4v) is 5.87. The zero-order valence-corrected chi connectivity index (χ0v) is 19.3. The number of aryl methyl sites for hydroxylation is 1. The number of hydrogen-bond acceptors (Lipinski definition) is 2. The molecule has 0 radical (unpaired) electrons. The summed E-state index contributed by atoms with van der Waals surface area (Å²) in [5.41, 5.74) is 5.41. The lowest BCUT2D eigenvalue weighted by Crippen LogP contribution is -2.47. The van der Waals surface area contributed by atoms with Gasteiger partial charge >= 0.3 is 0 Å². The van der Waals surface area contributed by atoms with E-state index in [2.05, 4.69) is 69.5 Å². The Kier molecular flexibility index (Phi) is 7.30. The van der Waals surface area contributed by atoms with Crippen LogP contribution in [0.25, 0.3) is 0 Å². The monoisotopic (exact) mass is 392 g/mol. The highest BCUT2D eigenvalue weighted by Crippen LogP contribution is 2.53. The molecule has 1 aromatic rings. The minimum atomic E-state index is 0. The van der Waals surface area contributed by atoms with Crippen molar-refractivity contribution in [2.24, 2.45) is 10.8 Å². The van der Waals surface area contributed by atoms with Crippen LogP contribution >= 0.6 is 12.4 Å². The van der Waals surface area contributed by atoms with Gasteiger partial charge < -0.3 is 4.90 Å². The van der Waals surface area contributed by atoms with Crippen LogP contribution in [0.4, 0.5) is 5.69 Å². The molecular weight excluding hydrogens is 352 g/mol. The van der Waals surface area contributed by atoms with Crippen LogP contribution < -0.4 is 4.90 Å². The molecule has 1 aromatic carbocycles. The SMILES string of the molecule is CCCN1CCN(c2cc(C)ccc2C2CC(C)(C)CC(C)(C)C2)CC1.Cl. The van der Waals surface area contributed by atoms with Gasteiger partial charge in [0.2, 0.25) is 0 Å². The Morgan fingerprint density at radius 2 is 1.56 bits per heavy atom. The first-order valence-electron chi connectivity index (χ1n) is 10.8. The predicted octanol–water partition coefficient (Wildman–Crippen LogP) is 6.27. The molecule has 0 N–H and O–H groups in total. The van der Waals surface area contributed by atoms with Crippen molar-refractivity contribution in [1.82, 2.24) is 4.90 Å². The molecule has 2 nitrogen and oxygen atoms in total. The van der Waals surface area contributed by atoms with Gasteiger partial charge in [-0.3, -0.25) is 4.90 Å². The fourth-order valence-electron chi connectivity index (χ4n) is 5.87. The van der Waals surface area contributed by atoms with Gasteiger partial charge in [0.25, 0.3) is 0 Å². The van der Waals surface area contributed by atoms with Gasteiger partial charge in [0.15, 0.2) is 0 Å². The molecule has 154 valence electrons. The summed E-state index contributed by atoms with van der Waals surface area (Å²) in [5, 5.41) is 0. The number of rotatable bonds is 4. The summed E-state index contributed by atoms with van der Waals surface area (Å²) in [4.78, 5) is 5.29. The van der Waals surface area contributed by atoms with Gasteiger partial charge in [-0.25, -0.2) is 0 Å². The number of nitrogens with zero attached hydrogens (tertiary/aromatic N) is 2. The molecular formula is C24H41ClN2. The maximum atomic E-state index is 2.67. The van der Waals surface area contributed by atoms with Crippen molar-refractivity contribution in [2.75, 3.05) is 37.6 Å². The number of piperazine rings is 1. The molecule has 2 aliphatic rings. The van der Waals surface area contributed by atoms with Crippen LogP contribution in [0.1, 0.15) is 77.3 Å². The number of hydrogen-bond donors (Lipinski definition) is 0. The van der Waals surface area contributed by atoms with Crippen molar-refractivity contribution >= 4 is 18.1 Å². The van der Waals surface area contributed by atoms with Crippen LogP contribution in [-0.2, 0) is 0 Å². The minimum Gasteiger partial charge on any atom is -0.369 e. The van der Waals surface area contributed by atoms with E-state index in [1.807, 2.05) is 0 Å². The van der Waals surface area contributed by atoms with Crippen LogP contribution in [0, 0.1) is 17.8 Å². The molecule has 1 heterocycles. The standard InChI is InChI=1S/C24H40N2.ClH/c1-7-10-25-11-13-26(14-12-25)22-15-19(2)8-9-21(22)20-16-23(3,4)18-24(5,6)17-20;/h8-9,15,20H,7,10-14,16-18H2,1-6H3;1H. The average Bonchev–Trinajstić information content (AvgIpc) is 2.53. The van der Waals surface area contributed by atoms with E-state index in [-0.39, 0.29) is 12.4 Å². The zero-order chi connectivity index (χ0) is 18.9. The van der Waals surface area contributed by atoms with E-state index in [4.69, 9.17) is 0 Å². The summed E-state index contributed by atoms with van der Waals surface area (Å²) >= 11 is 0. The topological polar surface area (TPSA) is 6.48 Å². The zero-order valence-electron chi connectivity index (χ0n) is 18.5. The maximum Gasteiger partial charge on any atom is 0.0405 e. The van der Waals surface area contributed by atoms with Gasteiger partial charge in [-0.05, 0) is 73.1 Å². The molecule has 2 fully saturated rings. The smallest absolute Gasteiger partial charge is 0.0405 e. The van der Waals surface area contributed by atoms with E-state index < -0.39 is 0 Å². The molecule has 3 rings (SSSR count). The largest absolute Gasteiger partial charge is 0.369 e. The van der Waals surface area contributed by atoms with Crippen molar-refractivity contribution < 1.29 is 0 Å². The quantitative estimate of drug-likeness (QED) is 0.595. The minimum absolute atomic E-state index is 0. The first-order chi connectivity index (χ1) is 12.2. The number of halogens is 1. The Morgan fingerprint density at radius 1 is 0.963 bits per heavy atom. The van der Waals surface area contributed by atoms with Gasteiger partial charge in [0.05, 0.1) is 0 Å². The molecule has 0 bridgehead atoms. The van der Waals surface area contributed by atoms with Gasteiger partial charge in [0.1, 0.15) is 0 Å². The maximum absolute atomic E-state index is 2.67. The molecule has 0 amide bonds. The van der Waals surface area contributed by atoms with Crippen LogP contribution in [0.15, 0.2) is 18.2 Å². The second-order valence-corrected chi connectivity index (χ2v) is 10.5. The third-order valence-electron chi connectivity index (χ3n) is 6.43. The van der Waals surface area contributed by atoms with Crippen LogP contribution in [-0.4, -0.2) is 37.6 Å². The first-order valence-corrected chi connectivity index (χ1v) is 10.8. The summed E-state index contributed by atoms with van der Waals surface area (Å²) in [6, 6.07) is 7.24. The van der Waals surface area contributed by atoms with E-state index in [0.717, 1.165) is 0 Å². The van der Waals surface area contributed by atoms with Crippen LogP contribution in [0.3, 0.4) is 0 Å². The summed E-state index contributed by atoms with van der Waals surface area (Å²) in [6.07, 6.45) is 5.25. The summed E-state index contributed by atoms with van der Waals surface area (Å²) in [7, 11) is 0. The summed E-state index contributed by atoms with van der Waals surface area (Å²) < 4.78 is 0. The van der Waals surface area contributed by atoms with Crippen molar-refractivity contribution in [1.29, 1.82) is 0 Å². The summed E-state index contributed by atoms with van der Waals surface area (Å²) in [5.74, 6) is 0.693. The van der Waals surface area contributed by atoms with E-state index in [9.17, 15) is 0 Å². The average molecular weight is 393 g/mol. The molecule has 0 spiro atoms. The Labute approximate surface area is 174 Å². The highest BCUT2D eigenvalue weighted by molar-refractivity contribution is 5.85. The molecule has 0 unspecified atom stereocenters. The van der Waals surface area contributed by atoms with Crippen molar-refractivity contribution in [3.63, 3.8) is 0 Å². The van der Waals surface area contributed by atoms with Gasteiger partial charge in [-0.15, -0.1) is 12.4 Å². The Hall–Kier alpha value is -0.730. The molecule has 1 saturated heterocycles. The van der Waals surface area contributed by atoms with Gasteiger partial charge in [-0.2, -0.15) is 0 Å². The molecule has 0 aromatic heterocycles. The van der Waals surface area contributed by atoms with Crippen molar-refractivity contribution in [3.8, 4) is 0 Å². The molecule has 1 saturated carbocycles. The Morgan fingerprint density at radius 3 is 2.11 bits per heavy atom. The number of anilines is 1. The third-order valence-corrected chi connectivity index (χ3v) is 6.43. The van der Waals surface area contributed by atoms with Gasteiger partial charge in [0, 0.05) is 31.9 Å². The highest BCUT2D eigenvalue weighted by atomic mass is 35.5. The van der Waals surface area contributed by atoms with E-state index in [1.165, 1.54) is 69.7 Å². The Balaban J connectivity index is 0.00000261. The lowest BCUT2D eigenvalue weighted by atomic mass is 9.60. The van der Waals surface area contributed by atoms with E-state index in [0.29, 0.717) is 16.7 Å². The Bertz CT molecular complexity index is 599. The van der Waals surface area contributed by atoms with Crippen LogP contribution in [0.2, 0.25) is 0 Å². The van der Waals surface area contributed by atoms with Crippen molar-refractivity contribution in [2.45, 2.75) is 73.1 Å². The van der Waals surface area contributed by atoms with Crippen molar-refractivity contribution in [3.05, 3.63) is 29.3 Å². The lowest BCUT2D eigenvalue weighted by Gasteiger charge is -2.46. The molecule has 1 aliphatic heterocycles. The molecule has 1 aliphatic carbocycles. The second-order valence-electron chi connectivity index (χ2n) is 10.5. The number of benzene rings is 1. The normalized spacial score (nSPS) is 23.1. The summed E-state index contributed by atoms with van der Waals surface area (Å²) in [6.45, 7) is 20.4. The van der Waals surface area contributed by atoms with Crippen LogP contribution in [0.5, 0.6) is 0 Å². The first kappa shape index (κ1) is 22.6. The van der Waals surface area contributed by atoms with E-state index in [1.54, 1.807) is 5.56 Å². The van der Waals surface area contributed by atoms with E-state index >= 15 is 0 Å².